The van der Waals surface area contributed by atoms with Gasteiger partial charge < -0.3 is 10.1 Å². The van der Waals surface area contributed by atoms with Gasteiger partial charge in [0.05, 0.1) is 21.9 Å². The van der Waals surface area contributed by atoms with Crippen molar-refractivity contribution >= 4 is 34.7 Å². The Morgan fingerprint density at radius 3 is 2.28 bits per heavy atom. The zero-order chi connectivity index (χ0) is 24.3. The first-order chi connectivity index (χ1) is 14.7. The highest BCUT2D eigenvalue weighted by molar-refractivity contribution is 7.14. The van der Waals surface area contributed by atoms with Crippen LogP contribution in [0.4, 0.5) is 5.69 Å². The van der Waals surface area contributed by atoms with Crippen LogP contribution < -0.4 is 5.32 Å². The number of Topliss-reactive ketones (excluding diaryl/α,β-unsaturated/α-hetero) is 1. The number of hydrogen-bond donors (Lipinski definition) is 1. The molecule has 0 bridgehead atoms. The standard InChI is InChI=1S/C23H28N2O6S/c1-22(2,3)16-9-7-14(11-17(16)25(29)30)20(27)31-13-18(26)19-10-8-15(32-19)12-24-21(28)23(4,5)6/h7-11H,12-13H2,1-6H3,(H,24,28). The van der Waals surface area contributed by atoms with Crippen molar-refractivity contribution in [2.24, 2.45) is 5.41 Å². The summed E-state index contributed by atoms with van der Waals surface area (Å²) >= 11 is 1.21. The van der Waals surface area contributed by atoms with Gasteiger partial charge >= 0.3 is 5.97 Å². The van der Waals surface area contributed by atoms with Crippen LogP contribution in [0.25, 0.3) is 0 Å². The van der Waals surface area contributed by atoms with Crippen molar-refractivity contribution in [1.29, 1.82) is 0 Å². The van der Waals surface area contributed by atoms with E-state index >= 15 is 0 Å². The number of amides is 1. The van der Waals surface area contributed by atoms with Gasteiger partial charge in [-0.25, -0.2) is 4.79 Å². The molecule has 0 spiro atoms. The molecule has 8 nitrogen and oxygen atoms in total. The van der Waals surface area contributed by atoms with E-state index in [-0.39, 0.29) is 17.2 Å². The first-order valence-electron chi connectivity index (χ1n) is 10.1. The Morgan fingerprint density at radius 1 is 1.06 bits per heavy atom. The monoisotopic (exact) mass is 460 g/mol. The Bertz CT molecular complexity index is 1040. The maximum absolute atomic E-state index is 12.4. The molecule has 2 aromatic rings. The predicted molar refractivity (Wildman–Crippen MR) is 122 cm³/mol. The van der Waals surface area contributed by atoms with Gasteiger partial charge in [-0.3, -0.25) is 19.7 Å². The van der Waals surface area contributed by atoms with Crippen LogP contribution in [-0.4, -0.2) is 29.2 Å². The molecule has 32 heavy (non-hydrogen) atoms. The minimum Gasteiger partial charge on any atom is -0.454 e. The van der Waals surface area contributed by atoms with E-state index in [2.05, 4.69) is 5.32 Å². The van der Waals surface area contributed by atoms with Gasteiger partial charge in [-0.15, -0.1) is 11.3 Å². The third-order valence-corrected chi connectivity index (χ3v) is 5.74. The third kappa shape index (κ3) is 6.46. The number of benzene rings is 1. The second-order valence-electron chi connectivity index (χ2n) is 9.44. The van der Waals surface area contributed by atoms with Crippen LogP contribution in [-0.2, 0) is 21.5 Å². The summed E-state index contributed by atoms with van der Waals surface area (Å²) < 4.78 is 5.08. The van der Waals surface area contributed by atoms with Gasteiger partial charge in [-0.05, 0) is 23.6 Å². The van der Waals surface area contributed by atoms with Crippen molar-refractivity contribution < 1.29 is 24.0 Å². The number of nitrogens with one attached hydrogen (secondary N) is 1. The minimum atomic E-state index is -0.809. The average Bonchev–Trinajstić information content (AvgIpc) is 3.17. The van der Waals surface area contributed by atoms with Gasteiger partial charge in [0.25, 0.3) is 5.69 Å². The highest BCUT2D eigenvalue weighted by atomic mass is 32.1. The SMILES string of the molecule is CC(C)(C)C(=O)NCc1ccc(C(=O)COC(=O)c2ccc(C(C)(C)C)c([N+](=O)[O-])c2)s1. The van der Waals surface area contributed by atoms with Gasteiger partial charge in [0, 0.05) is 21.9 Å². The summed E-state index contributed by atoms with van der Waals surface area (Å²) in [5, 5.41) is 14.2. The Balaban J connectivity index is 2.01. The number of ether oxygens (including phenoxy) is 1. The van der Waals surface area contributed by atoms with Crippen molar-refractivity contribution in [1.82, 2.24) is 5.32 Å². The van der Waals surface area contributed by atoms with Gasteiger partial charge in [-0.2, -0.15) is 0 Å². The second kappa shape index (κ2) is 9.60. The van der Waals surface area contributed by atoms with E-state index in [4.69, 9.17) is 4.74 Å². The van der Waals surface area contributed by atoms with E-state index in [9.17, 15) is 24.5 Å². The molecule has 0 aliphatic carbocycles. The lowest BCUT2D eigenvalue weighted by atomic mass is 9.85. The summed E-state index contributed by atoms with van der Waals surface area (Å²) in [6.07, 6.45) is 0. The molecule has 1 N–H and O–H groups in total. The van der Waals surface area contributed by atoms with E-state index in [1.165, 1.54) is 29.5 Å². The van der Waals surface area contributed by atoms with Gasteiger partial charge in [0.1, 0.15) is 0 Å². The highest BCUT2D eigenvalue weighted by Crippen LogP contribution is 2.32. The molecule has 0 saturated heterocycles. The fraction of sp³-hybridized carbons (Fsp3) is 0.435. The number of nitro benzene ring substituents is 1. The molecule has 172 valence electrons. The summed E-state index contributed by atoms with van der Waals surface area (Å²) in [7, 11) is 0. The lowest BCUT2D eigenvalue weighted by Crippen LogP contribution is -2.34. The van der Waals surface area contributed by atoms with Crippen molar-refractivity contribution in [3.63, 3.8) is 0 Å². The first-order valence-corrected chi connectivity index (χ1v) is 10.9. The van der Waals surface area contributed by atoms with Crippen LogP contribution in [0.3, 0.4) is 0 Å². The van der Waals surface area contributed by atoms with Gasteiger partial charge in [0.2, 0.25) is 11.7 Å². The maximum atomic E-state index is 12.4. The predicted octanol–water partition coefficient (Wildman–Crippen LogP) is 4.66. The number of nitro groups is 1. The topological polar surface area (TPSA) is 116 Å². The largest absolute Gasteiger partial charge is 0.454 e. The number of rotatable bonds is 7. The van der Waals surface area contributed by atoms with Gasteiger partial charge in [-0.1, -0.05) is 47.6 Å². The summed E-state index contributed by atoms with van der Waals surface area (Å²) in [6, 6.07) is 7.52. The van der Waals surface area contributed by atoms with E-state index in [1.54, 1.807) is 12.1 Å². The fourth-order valence-electron chi connectivity index (χ4n) is 2.78. The number of thiophene rings is 1. The van der Waals surface area contributed by atoms with Crippen molar-refractivity contribution in [2.75, 3.05) is 6.61 Å². The van der Waals surface area contributed by atoms with Gasteiger partial charge in [0.15, 0.2) is 6.61 Å². The summed E-state index contributed by atoms with van der Waals surface area (Å²) in [4.78, 5) is 48.8. The molecule has 0 fully saturated rings. The summed E-state index contributed by atoms with van der Waals surface area (Å²) in [6.45, 7) is 10.8. The van der Waals surface area contributed by atoms with Crippen molar-refractivity contribution in [3.8, 4) is 0 Å². The number of esters is 1. The molecule has 0 aliphatic heterocycles. The molecule has 1 aromatic carbocycles. The second-order valence-corrected chi connectivity index (χ2v) is 10.6. The molecule has 2 rings (SSSR count). The van der Waals surface area contributed by atoms with Crippen LogP contribution in [0.1, 0.15) is 72.0 Å². The molecule has 1 amide bonds. The first kappa shape index (κ1) is 25.2. The number of carbonyl (C=O) groups excluding carboxylic acids is 3. The smallest absolute Gasteiger partial charge is 0.338 e. The number of nitrogens with zero attached hydrogens (tertiary/aromatic N) is 1. The molecular formula is C23H28N2O6S. The highest BCUT2D eigenvalue weighted by Gasteiger charge is 2.27. The Morgan fingerprint density at radius 2 is 1.72 bits per heavy atom. The molecule has 0 radical (unpaired) electrons. The van der Waals surface area contributed by atoms with Crippen molar-refractivity contribution in [3.05, 3.63) is 61.3 Å². The van der Waals surface area contributed by atoms with E-state index in [0.29, 0.717) is 17.0 Å². The zero-order valence-corrected chi connectivity index (χ0v) is 19.9. The molecule has 1 aromatic heterocycles. The van der Waals surface area contributed by atoms with E-state index < -0.39 is 34.1 Å². The van der Waals surface area contributed by atoms with Crippen LogP contribution in [0, 0.1) is 15.5 Å². The number of ketones is 1. The lowest BCUT2D eigenvalue weighted by Gasteiger charge is -2.19. The quantitative estimate of drug-likeness (QED) is 0.278. The molecule has 0 unspecified atom stereocenters. The number of carbonyl (C=O) groups is 3. The summed E-state index contributed by atoms with van der Waals surface area (Å²) in [5.74, 6) is -1.30. The normalized spacial score (nSPS) is 11.7. The third-order valence-electron chi connectivity index (χ3n) is 4.61. The van der Waals surface area contributed by atoms with E-state index in [0.717, 1.165) is 4.88 Å². The fourth-order valence-corrected chi connectivity index (χ4v) is 3.66. The Labute approximate surface area is 191 Å². The van der Waals surface area contributed by atoms with Crippen LogP contribution in [0.5, 0.6) is 0 Å². The van der Waals surface area contributed by atoms with Crippen molar-refractivity contribution in [2.45, 2.75) is 53.5 Å². The number of hydrogen-bond acceptors (Lipinski definition) is 7. The molecule has 9 heteroatoms. The molecule has 1 heterocycles. The molecule has 0 saturated carbocycles. The lowest BCUT2D eigenvalue weighted by molar-refractivity contribution is -0.386. The Kier molecular flexibility index (Phi) is 7.56. The maximum Gasteiger partial charge on any atom is 0.338 e. The molecular weight excluding hydrogens is 432 g/mol. The summed E-state index contributed by atoms with van der Waals surface area (Å²) in [5.41, 5.74) is -0.638. The minimum absolute atomic E-state index is 0.00858. The Hall–Kier alpha value is -3.07. The van der Waals surface area contributed by atoms with Crippen LogP contribution in [0.2, 0.25) is 0 Å². The zero-order valence-electron chi connectivity index (χ0n) is 19.1. The molecule has 0 atom stereocenters. The van der Waals surface area contributed by atoms with Crippen LogP contribution in [0.15, 0.2) is 30.3 Å². The average molecular weight is 461 g/mol. The molecule has 0 aliphatic rings. The van der Waals surface area contributed by atoms with Crippen LogP contribution >= 0.6 is 11.3 Å². The van der Waals surface area contributed by atoms with E-state index in [1.807, 2.05) is 41.5 Å².